The Kier molecular flexibility index (Phi) is 4.52. The van der Waals surface area contributed by atoms with Crippen LogP contribution in [0.25, 0.3) is 0 Å². The molecule has 5 heteroatoms. The van der Waals surface area contributed by atoms with Gasteiger partial charge in [-0.15, -0.1) is 0 Å². The number of nitrogens with zero attached hydrogens (tertiary/aromatic N) is 1. The summed E-state index contributed by atoms with van der Waals surface area (Å²) < 4.78 is 5.28. The Morgan fingerprint density at radius 3 is 2.53 bits per heavy atom. The molecule has 1 amide bonds. The van der Waals surface area contributed by atoms with Gasteiger partial charge in [-0.05, 0) is 25.1 Å². The molecule has 4 nitrogen and oxygen atoms in total. The third-order valence-electron chi connectivity index (χ3n) is 2.21. The van der Waals surface area contributed by atoms with E-state index in [1.54, 1.807) is 18.2 Å². The summed E-state index contributed by atoms with van der Waals surface area (Å²) in [6.45, 7) is 3.60. The van der Waals surface area contributed by atoms with E-state index >= 15 is 0 Å². The molecule has 1 aromatic rings. The average Bonchev–Trinajstić information content (AvgIpc) is 2.30. The SMILES string of the molecule is CCOc1ccc(N(C)C(=O)C(C)=O)cc1Cl. The van der Waals surface area contributed by atoms with Gasteiger partial charge in [-0.25, -0.2) is 0 Å². The summed E-state index contributed by atoms with van der Waals surface area (Å²) in [5, 5.41) is 0.410. The average molecular weight is 256 g/mol. The summed E-state index contributed by atoms with van der Waals surface area (Å²) in [5.41, 5.74) is 0.554. The number of benzene rings is 1. The lowest BCUT2D eigenvalue weighted by Gasteiger charge is -2.16. The van der Waals surface area contributed by atoms with Crippen molar-refractivity contribution in [2.45, 2.75) is 13.8 Å². The van der Waals surface area contributed by atoms with Crippen molar-refractivity contribution in [1.29, 1.82) is 0 Å². The third kappa shape index (κ3) is 3.20. The highest BCUT2D eigenvalue weighted by atomic mass is 35.5. The zero-order valence-corrected chi connectivity index (χ0v) is 10.7. The Morgan fingerprint density at radius 1 is 1.41 bits per heavy atom. The van der Waals surface area contributed by atoms with Gasteiger partial charge < -0.3 is 9.64 Å². The molecule has 0 saturated carbocycles. The minimum Gasteiger partial charge on any atom is -0.492 e. The molecule has 0 fully saturated rings. The van der Waals surface area contributed by atoms with Crippen LogP contribution in [0.5, 0.6) is 5.75 Å². The second-order valence-corrected chi connectivity index (χ2v) is 3.88. The van der Waals surface area contributed by atoms with Crippen LogP contribution in [-0.2, 0) is 9.59 Å². The van der Waals surface area contributed by atoms with Crippen molar-refractivity contribution < 1.29 is 14.3 Å². The molecular formula is C12H14ClNO3. The first-order valence-electron chi connectivity index (χ1n) is 5.18. The van der Waals surface area contributed by atoms with Crippen molar-refractivity contribution in [2.75, 3.05) is 18.6 Å². The summed E-state index contributed by atoms with van der Waals surface area (Å²) in [6, 6.07) is 4.94. The van der Waals surface area contributed by atoms with Crippen molar-refractivity contribution in [3.8, 4) is 5.75 Å². The van der Waals surface area contributed by atoms with E-state index in [0.29, 0.717) is 23.1 Å². The van der Waals surface area contributed by atoms with E-state index in [0.717, 1.165) is 0 Å². The van der Waals surface area contributed by atoms with Gasteiger partial charge in [0.1, 0.15) is 5.75 Å². The van der Waals surface area contributed by atoms with E-state index in [-0.39, 0.29) is 0 Å². The standard InChI is InChI=1S/C12H14ClNO3/c1-4-17-11-6-5-9(7-10(11)13)14(3)12(16)8(2)15/h5-7H,4H2,1-3H3. The maximum Gasteiger partial charge on any atom is 0.293 e. The number of ketones is 1. The molecule has 0 aromatic heterocycles. The van der Waals surface area contributed by atoms with Gasteiger partial charge in [0.2, 0.25) is 5.78 Å². The first-order valence-corrected chi connectivity index (χ1v) is 5.56. The molecule has 0 aliphatic rings. The number of amides is 1. The van der Waals surface area contributed by atoms with Crippen LogP contribution in [0.15, 0.2) is 18.2 Å². The van der Waals surface area contributed by atoms with E-state index in [9.17, 15) is 9.59 Å². The number of carbonyl (C=O) groups is 2. The summed E-state index contributed by atoms with van der Waals surface area (Å²) in [7, 11) is 1.52. The lowest BCUT2D eigenvalue weighted by Crippen LogP contribution is -2.31. The van der Waals surface area contributed by atoms with Gasteiger partial charge in [0.25, 0.3) is 5.91 Å². The number of rotatable bonds is 4. The summed E-state index contributed by atoms with van der Waals surface area (Å²) >= 11 is 5.99. The maximum atomic E-state index is 11.5. The van der Waals surface area contributed by atoms with Crippen molar-refractivity contribution in [1.82, 2.24) is 0 Å². The molecule has 0 heterocycles. The predicted octanol–water partition coefficient (Wildman–Crippen LogP) is 2.29. The smallest absolute Gasteiger partial charge is 0.293 e. The molecule has 0 saturated heterocycles. The number of hydrogen-bond acceptors (Lipinski definition) is 3. The number of ether oxygens (including phenoxy) is 1. The number of hydrogen-bond donors (Lipinski definition) is 0. The van der Waals surface area contributed by atoms with Crippen LogP contribution < -0.4 is 9.64 Å². The van der Waals surface area contributed by atoms with Crippen LogP contribution in [0.1, 0.15) is 13.8 Å². The summed E-state index contributed by atoms with van der Waals surface area (Å²) in [4.78, 5) is 23.7. The maximum absolute atomic E-state index is 11.5. The molecule has 0 atom stereocenters. The van der Waals surface area contributed by atoms with Crippen LogP contribution in [0.2, 0.25) is 5.02 Å². The highest BCUT2D eigenvalue weighted by molar-refractivity contribution is 6.40. The number of carbonyl (C=O) groups excluding carboxylic acids is 2. The molecule has 0 bridgehead atoms. The van der Waals surface area contributed by atoms with Crippen molar-refractivity contribution in [3.63, 3.8) is 0 Å². The molecule has 92 valence electrons. The Morgan fingerprint density at radius 2 is 2.06 bits per heavy atom. The molecule has 17 heavy (non-hydrogen) atoms. The first-order chi connectivity index (χ1) is 7.97. The summed E-state index contributed by atoms with van der Waals surface area (Å²) in [6.07, 6.45) is 0. The fourth-order valence-electron chi connectivity index (χ4n) is 1.32. The van der Waals surface area contributed by atoms with Crippen LogP contribution in [-0.4, -0.2) is 25.3 Å². The molecular weight excluding hydrogens is 242 g/mol. The van der Waals surface area contributed by atoms with E-state index in [1.165, 1.54) is 18.9 Å². The van der Waals surface area contributed by atoms with Crippen molar-refractivity contribution >= 4 is 29.0 Å². The number of anilines is 1. The molecule has 0 aliphatic heterocycles. The minimum absolute atomic E-state index is 0.410. The number of Topliss-reactive ketones (excluding diaryl/α,β-unsaturated/α-hetero) is 1. The molecule has 1 aromatic carbocycles. The highest BCUT2D eigenvalue weighted by Crippen LogP contribution is 2.29. The predicted molar refractivity (Wildman–Crippen MR) is 66.7 cm³/mol. The monoisotopic (exact) mass is 255 g/mol. The lowest BCUT2D eigenvalue weighted by atomic mass is 10.2. The second kappa shape index (κ2) is 5.68. The van der Waals surface area contributed by atoms with Crippen LogP contribution in [0, 0.1) is 0 Å². The van der Waals surface area contributed by atoms with Crippen LogP contribution in [0.4, 0.5) is 5.69 Å². The zero-order chi connectivity index (χ0) is 13.0. The van der Waals surface area contributed by atoms with Gasteiger partial charge in [-0.2, -0.15) is 0 Å². The Hall–Kier alpha value is -1.55. The van der Waals surface area contributed by atoms with Crippen LogP contribution >= 0.6 is 11.6 Å². The fraction of sp³-hybridized carbons (Fsp3) is 0.333. The fourth-order valence-corrected chi connectivity index (χ4v) is 1.55. The van der Waals surface area contributed by atoms with Gasteiger partial charge in [0.05, 0.1) is 11.6 Å². The van der Waals surface area contributed by atoms with Crippen molar-refractivity contribution in [3.05, 3.63) is 23.2 Å². The van der Waals surface area contributed by atoms with Gasteiger partial charge in [0.15, 0.2) is 0 Å². The Labute approximate surface area is 105 Å². The van der Waals surface area contributed by atoms with E-state index < -0.39 is 11.7 Å². The minimum atomic E-state index is -0.578. The Balaban J connectivity index is 2.97. The quantitative estimate of drug-likeness (QED) is 0.776. The first kappa shape index (κ1) is 13.5. The summed E-state index contributed by atoms with van der Waals surface area (Å²) in [5.74, 6) is -0.538. The van der Waals surface area contributed by atoms with Gasteiger partial charge in [0, 0.05) is 19.7 Å². The molecule has 0 N–H and O–H groups in total. The van der Waals surface area contributed by atoms with Gasteiger partial charge in [-0.1, -0.05) is 11.6 Å². The topological polar surface area (TPSA) is 46.6 Å². The van der Waals surface area contributed by atoms with E-state index in [1.807, 2.05) is 6.92 Å². The second-order valence-electron chi connectivity index (χ2n) is 3.47. The molecule has 0 radical (unpaired) electrons. The number of halogens is 1. The van der Waals surface area contributed by atoms with Gasteiger partial charge in [-0.3, -0.25) is 9.59 Å². The van der Waals surface area contributed by atoms with Crippen molar-refractivity contribution in [2.24, 2.45) is 0 Å². The Bertz CT molecular complexity index is 445. The van der Waals surface area contributed by atoms with Gasteiger partial charge >= 0.3 is 0 Å². The normalized spacial score (nSPS) is 9.88. The zero-order valence-electron chi connectivity index (χ0n) is 9.99. The van der Waals surface area contributed by atoms with Crippen LogP contribution in [0.3, 0.4) is 0 Å². The molecule has 0 aliphatic carbocycles. The highest BCUT2D eigenvalue weighted by Gasteiger charge is 2.16. The molecule has 0 spiro atoms. The lowest BCUT2D eigenvalue weighted by molar-refractivity contribution is -0.134. The van der Waals surface area contributed by atoms with E-state index in [4.69, 9.17) is 16.3 Å². The molecule has 1 rings (SSSR count). The molecule has 0 unspecified atom stereocenters. The third-order valence-corrected chi connectivity index (χ3v) is 2.50. The number of likely N-dealkylation sites (N-methyl/N-ethyl adjacent to an activating group) is 1. The van der Waals surface area contributed by atoms with E-state index in [2.05, 4.69) is 0 Å². The largest absolute Gasteiger partial charge is 0.492 e.